The molecule has 0 atom stereocenters. The fourth-order valence-corrected chi connectivity index (χ4v) is 2.17. The van der Waals surface area contributed by atoms with Crippen molar-refractivity contribution < 1.29 is 4.79 Å². The molecule has 3 nitrogen and oxygen atoms in total. The van der Waals surface area contributed by atoms with E-state index in [1.165, 1.54) is 0 Å². The summed E-state index contributed by atoms with van der Waals surface area (Å²) >= 11 is 0. The van der Waals surface area contributed by atoms with Gasteiger partial charge in [-0.1, -0.05) is 18.2 Å². The van der Waals surface area contributed by atoms with Crippen molar-refractivity contribution in [3.8, 4) is 11.3 Å². The zero-order valence-electron chi connectivity index (χ0n) is 8.68. The molecule has 0 N–H and O–H groups in total. The number of hydrogen-bond acceptors (Lipinski definition) is 3. The summed E-state index contributed by atoms with van der Waals surface area (Å²) in [5.41, 5.74) is 3.85. The Balaban J connectivity index is 2.20. The Bertz CT molecular complexity index is 549. The summed E-state index contributed by atoms with van der Waals surface area (Å²) in [6, 6.07) is 5.80. The molecule has 0 unspecified atom stereocenters. The molecule has 3 heteroatoms. The van der Waals surface area contributed by atoms with Crippen LogP contribution >= 0.6 is 0 Å². The standard InChI is InChI=1S/C13H10N2O/c16-13-5-4-9-10(2-1-3-11(9)13)12-8-14-6-7-15-12/h1-3,6-8H,4-5H2. The molecule has 0 bridgehead atoms. The normalized spacial score (nSPS) is 13.9. The van der Waals surface area contributed by atoms with Gasteiger partial charge in [0.1, 0.15) is 0 Å². The van der Waals surface area contributed by atoms with Crippen LogP contribution in [0.5, 0.6) is 0 Å². The van der Waals surface area contributed by atoms with Crippen LogP contribution in [0.2, 0.25) is 0 Å². The average molecular weight is 210 g/mol. The number of nitrogens with zero attached hydrogens (tertiary/aromatic N) is 2. The zero-order chi connectivity index (χ0) is 11.0. The largest absolute Gasteiger partial charge is 0.294 e. The first kappa shape index (κ1) is 9.21. The van der Waals surface area contributed by atoms with Crippen molar-refractivity contribution >= 4 is 5.78 Å². The molecule has 1 aromatic carbocycles. The fraction of sp³-hybridized carbons (Fsp3) is 0.154. The molecule has 0 amide bonds. The maximum Gasteiger partial charge on any atom is 0.163 e. The van der Waals surface area contributed by atoms with Crippen LogP contribution in [0, 0.1) is 0 Å². The van der Waals surface area contributed by atoms with Gasteiger partial charge in [-0.05, 0) is 12.0 Å². The Morgan fingerprint density at radius 3 is 2.75 bits per heavy atom. The summed E-state index contributed by atoms with van der Waals surface area (Å²) in [4.78, 5) is 19.9. The second kappa shape index (κ2) is 3.52. The Kier molecular flexibility index (Phi) is 2.03. The quantitative estimate of drug-likeness (QED) is 0.725. The smallest absolute Gasteiger partial charge is 0.163 e. The second-order valence-electron chi connectivity index (χ2n) is 3.85. The summed E-state index contributed by atoms with van der Waals surface area (Å²) in [7, 11) is 0. The highest BCUT2D eigenvalue weighted by Gasteiger charge is 2.22. The minimum Gasteiger partial charge on any atom is -0.294 e. The molecular weight excluding hydrogens is 200 g/mol. The van der Waals surface area contributed by atoms with Gasteiger partial charge in [0.25, 0.3) is 0 Å². The number of ketones is 1. The Labute approximate surface area is 93.2 Å². The lowest BCUT2D eigenvalue weighted by Crippen LogP contribution is -1.93. The highest BCUT2D eigenvalue weighted by molar-refractivity contribution is 6.02. The molecule has 2 aromatic rings. The van der Waals surface area contributed by atoms with E-state index in [9.17, 15) is 4.79 Å². The molecule has 16 heavy (non-hydrogen) atoms. The molecule has 3 rings (SSSR count). The second-order valence-corrected chi connectivity index (χ2v) is 3.85. The summed E-state index contributed by atoms with van der Waals surface area (Å²) in [5.74, 6) is 0.237. The molecule has 0 aliphatic heterocycles. The molecule has 0 radical (unpaired) electrons. The van der Waals surface area contributed by atoms with Crippen LogP contribution in [0.4, 0.5) is 0 Å². The minimum absolute atomic E-state index is 0.237. The number of fused-ring (bicyclic) bond motifs is 1. The highest BCUT2D eigenvalue weighted by Crippen LogP contribution is 2.30. The lowest BCUT2D eigenvalue weighted by molar-refractivity contribution is 0.0994. The number of Topliss-reactive ketones (excluding diaryl/α,β-unsaturated/α-hetero) is 1. The van der Waals surface area contributed by atoms with E-state index in [0.717, 1.165) is 28.8 Å². The third kappa shape index (κ3) is 1.33. The predicted molar refractivity (Wildman–Crippen MR) is 60.1 cm³/mol. The first-order valence-electron chi connectivity index (χ1n) is 5.28. The van der Waals surface area contributed by atoms with Gasteiger partial charge in [0, 0.05) is 29.9 Å². The van der Waals surface area contributed by atoms with E-state index in [-0.39, 0.29) is 5.78 Å². The van der Waals surface area contributed by atoms with Crippen LogP contribution < -0.4 is 0 Å². The van der Waals surface area contributed by atoms with Crippen LogP contribution in [0.15, 0.2) is 36.8 Å². The summed E-state index contributed by atoms with van der Waals surface area (Å²) < 4.78 is 0. The van der Waals surface area contributed by atoms with Crippen molar-refractivity contribution in [2.75, 3.05) is 0 Å². The van der Waals surface area contributed by atoms with Crippen LogP contribution in [-0.2, 0) is 6.42 Å². The monoisotopic (exact) mass is 210 g/mol. The van der Waals surface area contributed by atoms with E-state index in [1.54, 1.807) is 18.6 Å². The van der Waals surface area contributed by atoms with Crippen LogP contribution in [0.3, 0.4) is 0 Å². The Hall–Kier alpha value is -2.03. The number of benzene rings is 1. The Morgan fingerprint density at radius 2 is 1.94 bits per heavy atom. The molecule has 1 heterocycles. The molecule has 1 aromatic heterocycles. The minimum atomic E-state index is 0.237. The van der Waals surface area contributed by atoms with Crippen LogP contribution in [0.25, 0.3) is 11.3 Å². The van der Waals surface area contributed by atoms with Gasteiger partial charge >= 0.3 is 0 Å². The summed E-state index contributed by atoms with van der Waals surface area (Å²) in [6.45, 7) is 0. The van der Waals surface area contributed by atoms with E-state index >= 15 is 0 Å². The van der Waals surface area contributed by atoms with E-state index in [2.05, 4.69) is 9.97 Å². The third-order valence-electron chi connectivity index (χ3n) is 2.92. The predicted octanol–water partition coefficient (Wildman–Crippen LogP) is 2.27. The van der Waals surface area contributed by atoms with Gasteiger partial charge in [0.05, 0.1) is 11.9 Å². The third-order valence-corrected chi connectivity index (χ3v) is 2.92. The first-order valence-corrected chi connectivity index (χ1v) is 5.28. The summed E-state index contributed by atoms with van der Waals surface area (Å²) in [5, 5.41) is 0. The SMILES string of the molecule is O=C1CCc2c1cccc2-c1cnccn1. The first-order chi connectivity index (χ1) is 7.86. The molecule has 0 saturated heterocycles. The number of carbonyl (C=O) groups is 1. The molecule has 1 aliphatic rings. The number of rotatable bonds is 1. The van der Waals surface area contributed by atoms with Crippen molar-refractivity contribution in [2.24, 2.45) is 0 Å². The van der Waals surface area contributed by atoms with Gasteiger partial charge in [-0.3, -0.25) is 14.8 Å². The summed E-state index contributed by atoms with van der Waals surface area (Å²) in [6.07, 6.45) is 6.50. The molecular formula is C13H10N2O. The van der Waals surface area contributed by atoms with Crippen LogP contribution in [-0.4, -0.2) is 15.8 Å². The Morgan fingerprint density at radius 1 is 1.06 bits per heavy atom. The fourth-order valence-electron chi connectivity index (χ4n) is 2.17. The molecule has 1 aliphatic carbocycles. The molecule has 0 saturated carbocycles. The van der Waals surface area contributed by atoms with Gasteiger partial charge in [0.2, 0.25) is 0 Å². The van der Waals surface area contributed by atoms with Crippen molar-refractivity contribution in [3.05, 3.63) is 47.9 Å². The number of carbonyl (C=O) groups excluding carboxylic acids is 1. The van der Waals surface area contributed by atoms with Crippen molar-refractivity contribution in [1.29, 1.82) is 0 Å². The van der Waals surface area contributed by atoms with Crippen LogP contribution in [0.1, 0.15) is 22.3 Å². The van der Waals surface area contributed by atoms with E-state index in [0.29, 0.717) is 6.42 Å². The number of hydrogen-bond donors (Lipinski definition) is 0. The van der Waals surface area contributed by atoms with Crippen molar-refractivity contribution in [3.63, 3.8) is 0 Å². The maximum atomic E-state index is 11.6. The van der Waals surface area contributed by atoms with Gasteiger partial charge < -0.3 is 0 Å². The zero-order valence-corrected chi connectivity index (χ0v) is 8.68. The van der Waals surface area contributed by atoms with Crippen molar-refractivity contribution in [1.82, 2.24) is 9.97 Å². The van der Waals surface area contributed by atoms with E-state index < -0.39 is 0 Å². The van der Waals surface area contributed by atoms with E-state index in [4.69, 9.17) is 0 Å². The maximum absolute atomic E-state index is 11.6. The molecule has 0 fully saturated rings. The molecule has 0 spiro atoms. The van der Waals surface area contributed by atoms with Gasteiger partial charge in [-0.25, -0.2) is 0 Å². The van der Waals surface area contributed by atoms with E-state index in [1.807, 2.05) is 18.2 Å². The average Bonchev–Trinajstić information content (AvgIpc) is 2.73. The van der Waals surface area contributed by atoms with Gasteiger partial charge in [0.15, 0.2) is 5.78 Å². The van der Waals surface area contributed by atoms with Gasteiger partial charge in [-0.2, -0.15) is 0 Å². The topological polar surface area (TPSA) is 42.9 Å². The van der Waals surface area contributed by atoms with Crippen molar-refractivity contribution in [2.45, 2.75) is 12.8 Å². The van der Waals surface area contributed by atoms with Gasteiger partial charge in [-0.15, -0.1) is 0 Å². The highest BCUT2D eigenvalue weighted by atomic mass is 16.1. The number of aromatic nitrogens is 2. The molecule has 78 valence electrons. The lowest BCUT2D eigenvalue weighted by atomic mass is 10.0. The lowest BCUT2D eigenvalue weighted by Gasteiger charge is -2.05.